The first-order valence-corrected chi connectivity index (χ1v) is 4.76. The van der Waals surface area contributed by atoms with E-state index in [9.17, 15) is 9.59 Å². The molecule has 2 N–H and O–H groups in total. The average molecular weight is 219 g/mol. The summed E-state index contributed by atoms with van der Waals surface area (Å²) in [4.78, 5) is 26.4. The van der Waals surface area contributed by atoms with Gasteiger partial charge in [0, 0.05) is 12.7 Å². The summed E-state index contributed by atoms with van der Waals surface area (Å²) in [5, 5.41) is 4.75. The van der Waals surface area contributed by atoms with Crippen LogP contribution >= 0.6 is 0 Å². The topological polar surface area (TPSA) is 71.1 Å². The molecule has 1 rings (SSSR count). The van der Waals surface area contributed by atoms with Gasteiger partial charge in [-0.05, 0) is 18.6 Å². The van der Waals surface area contributed by atoms with Crippen molar-refractivity contribution in [3.05, 3.63) is 36.5 Å². The highest BCUT2D eigenvalue weighted by Gasteiger charge is 2.12. The number of carbonyl (C=O) groups is 2. The van der Waals surface area contributed by atoms with Crippen LogP contribution in [-0.4, -0.2) is 23.3 Å². The quantitative estimate of drug-likeness (QED) is 0.578. The van der Waals surface area contributed by atoms with E-state index in [0.717, 1.165) is 5.56 Å². The Hall–Kier alpha value is -2.17. The normalized spacial score (nSPS) is 9.31. The Labute approximate surface area is 93.6 Å². The van der Waals surface area contributed by atoms with Crippen LogP contribution < -0.4 is 10.6 Å². The molecular weight excluding hydrogens is 206 g/mol. The molecule has 0 aliphatic rings. The summed E-state index contributed by atoms with van der Waals surface area (Å²) in [5.41, 5.74) is 0.981. The largest absolute Gasteiger partial charge is 0.344 e. The second-order valence-corrected chi connectivity index (χ2v) is 3.17. The Balaban J connectivity index is 2.54. The summed E-state index contributed by atoms with van der Waals surface area (Å²) in [6.07, 6.45) is 3.10. The maximum atomic E-state index is 11.3. The van der Waals surface area contributed by atoms with E-state index in [0.29, 0.717) is 5.82 Å². The molecule has 5 heteroatoms. The molecule has 0 bridgehead atoms. The zero-order chi connectivity index (χ0) is 12.0. The van der Waals surface area contributed by atoms with E-state index in [1.165, 1.54) is 6.08 Å². The molecule has 2 amide bonds. The second-order valence-electron chi connectivity index (χ2n) is 3.17. The lowest BCUT2D eigenvalue weighted by Crippen LogP contribution is -2.35. The van der Waals surface area contributed by atoms with E-state index in [4.69, 9.17) is 0 Å². The number of rotatable bonds is 3. The van der Waals surface area contributed by atoms with E-state index in [1.807, 2.05) is 6.92 Å². The Morgan fingerprint density at radius 1 is 1.44 bits per heavy atom. The highest BCUT2D eigenvalue weighted by molar-refractivity contribution is 6.39. The predicted octanol–water partition coefficient (Wildman–Crippen LogP) is 0.631. The molecule has 1 aromatic rings. The molecule has 0 saturated carbocycles. The molecule has 0 atom stereocenters. The summed E-state index contributed by atoms with van der Waals surface area (Å²) < 4.78 is 0. The minimum Gasteiger partial charge on any atom is -0.344 e. The first kappa shape index (κ1) is 11.9. The van der Waals surface area contributed by atoms with Gasteiger partial charge in [0.25, 0.3) is 0 Å². The highest BCUT2D eigenvalue weighted by atomic mass is 16.2. The zero-order valence-electron chi connectivity index (χ0n) is 8.99. The van der Waals surface area contributed by atoms with Gasteiger partial charge in [-0.15, -0.1) is 6.58 Å². The number of hydrogen-bond acceptors (Lipinski definition) is 3. The summed E-state index contributed by atoms with van der Waals surface area (Å²) in [7, 11) is 0. The molecule has 0 aliphatic carbocycles. The smallest absolute Gasteiger partial charge is 0.314 e. The third kappa shape index (κ3) is 3.53. The van der Waals surface area contributed by atoms with Gasteiger partial charge in [0.1, 0.15) is 5.82 Å². The molecule has 1 heterocycles. The molecule has 0 aromatic carbocycles. The number of aromatic nitrogens is 1. The maximum absolute atomic E-state index is 11.3. The molecule has 5 nitrogen and oxygen atoms in total. The standard InChI is InChI=1S/C11H13N3O2/c1-3-6-12-10(15)11(16)14-9-5-4-8(2)7-13-9/h3-5,7H,1,6H2,2H3,(H,12,15)(H,13,14,16). The van der Waals surface area contributed by atoms with E-state index in [-0.39, 0.29) is 6.54 Å². The summed E-state index contributed by atoms with van der Waals surface area (Å²) >= 11 is 0. The molecule has 0 radical (unpaired) electrons. The minimum atomic E-state index is -0.738. The van der Waals surface area contributed by atoms with Gasteiger partial charge in [-0.3, -0.25) is 9.59 Å². The fourth-order valence-electron chi connectivity index (χ4n) is 0.960. The lowest BCUT2D eigenvalue weighted by molar-refractivity contribution is -0.136. The van der Waals surface area contributed by atoms with E-state index in [2.05, 4.69) is 22.2 Å². The van der Waals surface area contributed by atoms with Crippen LogP contribution in [0.5, 0.6) is 0 Å². The first-order chi connectivity index (χ1) is 7.63. The van der Waals surface area contributed by atoms with Crippen LogP contribution in [0.4, 0.5) is 5.82 Å². The SMILES string of the molecule is C=CCNC(=O)C(=O)Nc1ccc(C)cn1. The van der Waals surface area contributed by atoms with Crippen molar-refractivity contribution in [2.45, 2.75) is 6.92 Å². The first-order valence-electron chi connectivity index (χ1n) is 4.76. The summed E-state index contributed by atoms with van der Waals surface area (Å²) in [6, 6.07) is 3.43. The number of hydrogen-bond donors (Lipinski definition) is 2. The van der Waals surface area contributed by atoms with Gasteiger partial charge in [0.2, 0.25) is 0 Å². The van der Waals surface area contributed by atoms with Crippen molar-refractivity contribution < 1.29 is 9.59 Å². The van der Waals surface area contributed by atoms with E-state index in [1.54, 1.807) is 18.3 Å². The molecule has 84 valence electrons. The van der Waals surface area contributed by atoms with Crippen molar-refractivity contribution in [2.24, 2.45) is 0 Å². The van der Waals surface area contributed by atoms with Crippen molar-refractivity contribution in [1.82, 2.24) is 10.3 Å². The predicted molar refractivity (Wildman–Crippen MR) is 60.8 cm³/mol. The number of nitrogens with zero attached hydrogens (tertiary/aromatic N) is 1. The Kier molecular flexibility index (Phi) is 4.20. The van der Waals surface area contributed by atoms with Crippen LogP contribution in [0.25, 0.3) is 0 Å². The number of pyridine rings is 1. The van der Waals surface area contributed by atoms with Crippen LogP contribution in [-0.2, 0) is 9.59 Å². The van der Waals surface area contributed by atoms with Gasteiger partial charge < -0.3 is 10.6 Å². The Morgan fingerprint density at radius 3 is 2.75 bits per heavy atom. The fourth-order valence-corrected chi connectivity index (χ4v) is 0.960. The lowest BCUT2D eigenvalue weighted by atomic mass is 10.3. The van der Waals surface area contributed by atoms with Crippen LogP contribution in [0, 0.1) is 6.92 Å². The number of nitrogens with one attached hydrogen (secondary N) is 2. The lowest BCUT2D eigenvalue weighted by Gasteiger charge is -2.04. The number of aryl methyl sites for hydroxylation is 1. The fraction of sp³-hybridized carbons (Fsp3) is 0.182. The molecule has 0 spiro atoms. The van der Waals surface area contributed by atoms with Crippen LogP contribution in [0.15, 0.2) is 31.0 Å². The van der Waals surface area contributed by atoms with Gasteiger partial charge >= 0.3 is 11.8 Å². The Morgan fingerprint density at radius 2 is 2.19 bits per heavy atom. The second kappa shape index (κ2) is 5.65. The third-order valence-corrected chi connectivity index (χ3v) is 1.77. The van der Waals surface area contributed by atoms with Crippen molar-refractivity contribution in [3.63, 3.8) is 0 Å². The average Bonchev–Trinajstić information content (AvgIpc) is 2.29. The molecule has 0 saturated heterocycles. The van der Waals surface area contributed by atoms with Gasteiger partial charge in [-0.2, -0.15) is 0 Å². The minimum absolute atomic E-state index is 0.258. The van der Waals surface area contributed by atoms with E-state index < -0.39 is 11.8 Å². The molecule has 1 aromatic heterocycles. The zero-order valence-corrected chi connectivity index (χ0v) is 8.99. The number of carbonyl (C=O) groups excluding carboxylic acids is 2. The maximum Gasteiger partial charge on any atom is 0.314 e. The number of amides is 2. The van der Waals surface area contributed by atoms with Crippen molar-refractivity contribution in [1.29, 1.82) is 0 Å². The van der Waals surface area contributed by atoms with Gasteiger partial charge in [-0.25, -0.2) is 4.98 Å². The van der Waals surface area contributed by atoms with Crippen molar-refractivity contribution in [2.75, 3.05) is 11.9 Å². The Bertz CT molecular complexity index is 398. The van der Waals surface area contributed by atoms with Crippen LogP contribution in [0.2, 0.25) is 0 Å². The van der Waals surface area contributed by atoms with Gasteiger partial charge in [-0.1, -0.05) is 12.1 Å². The number of anilines is 1. The molecular formula is C11H13N3O2. The summed E-state index contributed by atoms with van der Waals surface area (Å²) in [6.45, 7) is 5.57. The summed E-state index contributed by atoms with van der Waals surface area (Å²) in [5.74, 6) is -1.09. The van der Waals surface area contributed by atoms with Crippen molar-refractivity contribution >= 4 is 17.6 Å². The van der Waals surface area contributed by atoms with Crippen LogP contribution in [0.1, 0.15) is 5.56 Å². The van der Waals surface area contributed by atoms with Crippen LogP contribution in [0.3, 0.4) is 0 Å². The molecule has 0 unspecified atom stereocenters. The monoisotopic (exact) mass is 219 g/mol. The van der Waals surface area contributed by atoms with Crippen molar-refractivity contribution in [3.8, 4) is 0 Å². The third-order valence-electron chi connectivity index (χ3n) is 1.77. The molecule has 0 fully saturated rings. The highest BCUT2D eigenvalue weighted by Crippen LogP contribution is 2.03. The molecule has 16 heavy (non-hydrogen) atoms. The van der Waals surface area contributed by atoms with Gasteiger partial charge in [0.05, 0.1) is 0 Å². The van der Waals surface area contributed by atoms with E-state index >= 15 is 0 Å². The van der Waals surface area contributed by atoms with Gasteiger partial charge in [0.15, 0.2) is 0 Å². The molecule has 0 aliphatic heterocycles.